The third kappa shape index (κ3) is 4.46. The molecule has 0 fully saturated rings. The number of ether oxygens (including phenoxy) is 1. The molecule has 0 saturated heterocycles. The van der Waals surface area contributed by atoms with E-state index in [9.17, 15) is 9.59 Å². The largest absolute Gasteiger partial charge is 0.465 e. The molecule has 3 rings (SSSR count). The van der Waals surface area contributed by atoms with Crippen molar-refractivity contribution in [1.29, 1.82) is 0 Å². The van der Waals surface area contributed by atoms with Gasteiger partial charge in [0.2, 0.25) is 5.95 Å². The Bertz CT molecular complexity index is 1110. The van der Waals surface area contributed by atoms with Crippen molar-refractivity contribution < 1.29 is 9.53 Å². The number of nitrogens with zero attached hydrogens (tertiary/aromatic N) is 3. The number of anilines is 1. The summed E-state index contributed by atoms with van der Waals surface area (Å²) >= 11 is 6.44. The van der Waals surface area contributed by atoms with Crippen molar-refractivity contribution in [2.24, 2.45) is 0 Å². The monoisotopic (exact) mass is 428 g/mol. The number of pyridine rings is 1. The van der Waals surface area contributed by atoms with E-state index < -0.39 is 5.97 Å². The first-order chi connectivity index (χ1) is 14.5. The van der Waals surface area contributed by atoms with Gasteiger partial charge in [-0.1, -0.05) is 43.6 Å². The summed E-state index contributed by atoms with van der Waals surface area (Å²) in [6.45, 7) is 6.03. The van der Waals surface area contributed by atoms with Crippen LogP contribution in [0.2, 0.25) is 5.02 Å². The average Bonchev–Trinajstić information content (AvgIpc) is 2.74. The van der Waals surface area contributed by atoms with E-state index in [0.717, 1.165) is 23.8 Å². The molecule has 1 aromatic carbocycles. The van der Waals surface area contributed by atoms with Gasteiger partial charge < -0.3 is 10.1 Å². The summed E-state index contributed by atoms with van der Waals surface area (Å²) in [6.07, 6.45) is 1.57. The maximum absolute atomic E-state index is 12.8. The van der Waals surface area contributed by atoms with Gasteiger partial charge in [-0.3, -0.25) is 14.2 Å². The number of carbonyl (C=O) groups excluding carboxylic acids is 1. The summed E-state index contributed by atoms with van der Waals surface area (Å²) < 4.78 is 6.67. The number of aromatic nitrogens is 3. The lowest BCUT2D eigenvalue weighted by molar-refractivity contribution is -0.140. The van der Waals surface area contributed by atoms with Gasteiger partial charge in [0.15, 0.2) is 0 Å². The highest BCUT2D eigenvalue weighted by Crippen LogP contribution is 2.32. The van der Waals surface area contributed by atoms with E-state index in [4.69, 9.17) is 16.3 Å². The molecule has 158 valence electrons. The molecule has 0 unspecified atom stereocenters. The fraction of sp³-hybridized carbons (Fsp3) is 0.364. The molecule has 0 amide bonds. The van der Waals surface area contributed by atoms with E-state index in [1.54, 1.807) is 23.6 Å². The molecule has 0 aliphatic heterocycles. The Balaban J connectivity index is 2.25. The van der Waals surface area contributed by atoms with Crippen LogP contribution < -0.4 is 10.9 Å². The van der Waals surface area contributed by atoms with Crippen LogP contribution in [0.4, 0.5) is 5.95 Å². The fourth-order valence-electron chi connectivity index (χ4n) is 3.44. The Morgan fingerprint density at radius 2 is 1.87 bits per heavy atom. The second-order valence-electron chi connectivity index (χ2n) is 6.78. The van der Waals surface area contributed by atoms with Crippen molar-refractivity contribution in [3.63, 3.8) is 0 Å². The van der Waals surface area contributed by atoms with Crippen molar-refractivity contribution in [3.05, 3.63) is 51.8 Å². The van der Waals surface area contributed by atoms with Crippen LogP contribution in [0.5, 0.6) is 0 Å². The minimum Gasteiger partial charge on any atom is -0.465 e. The van der Waals surface area contributed by atoms with Crippen LogP contribution in [-0.4, -0.2) is 33.7 Å². The Kier molecular flexibility index (Phi) is 7.05. The van der Waals surface area contributed by atoms with Gasteiger partial charge >= 0.3 is 5.97 Å². The number of hydrogen-bond donors (Lipinski definition) is 1. The fourth-order valence-corrected chi connectivity index (χ4v) is 3.67. The summed E-state index contributed by atoms with van der Waals surface area (Å²) in [5, 5.41) is 4.17. The summed E-state index contributed by atoms with van der Waals surface area (Å²) in [6, 6.07) is 10.6. The van der Waals surface area contributed by atoms with Gasteiger partial charge in [-0.25, -0.2) is 4.98 Å². The summed E-state index contributed by atoms with van der Waals surface area (Å²) in [4.78, 5) is 33.8. The number of benzene rings is 1. The third-order valence-corrected chi connectivity index (χ3v) is 5.25. The van der Waals surface area contributed by atoms with E-state index in [1.165, 1.54) is 6.07 Å². The van der Waals surface area contributed by atoms with Gasteiger partial charge in [0, 0.05) is 28.1 Å². The molecule has 0 saturated carbocycles. The third-order valence-electron chi connectivity index (χ3n) is 4.92. The quantitative estimate of drug-likeness (QED) is 0.533. The molecule has 0 aliphatic rings. The molecule has 0 radical (unpaired) electrons. The topological polar surface area (TPSA) is 86.1 Å². The van der Waals surface area contributed by atoms with Crippen LogP contribution in [0, 0.1) is 0 Å². The molecule has 0 atom stereocenters. The van der Waals surface area contributed by atoms with E-state index in [0.29, 0.717) is 16.4 Å². The molecular formula is C22H25ClN4O3. The van der Waals surface area contributed by atoms with Crippen molar-refractivity contribution in [2.75, 3.05) is 18.5 Å². The zero-order chi connectivity index (χ0) is 21.7. The Hall–Kier alpha value is -2.93. The molecule has 0 aliphatic carbocycles. The van der Waals surface area contributed by atoms with Crippen molar-refractivity contribution in [1.82, 2.24) is 14.5 Å². The number of carbonyl (C=O) groups is 1. The molecule has 2 heterocycles. The van der Waals surface area contributed by atoms with Gasteiger partial charge in [-0.15, -0.1) is 0 Å². The van der Waals surface area contributed by atoms with Gasteiger partial charge in [0.05, 0.1) is 12.3 Å². The Labute approximate surface area is 180 Å². The second-order valence-corrected chi connectivity index (χ2v) is 7.19. The highest BCUT2D eigenvalue weighted by molar-refractivity contribution is 6.33. The highest BCUT2D eigenvalue weighted by Gasteiger charge is 2.19. The lowest BCUT2D eigenvalue weighted by Gasteiger charge is -2.20. The summed E-state index contributed by atoms with van der Waals surface area (Å²) in [5.74, 6) is -0.179. The predicted molar refractivity (Wildman–Crippen MR) is 119 cm³/mol. The van der Waals surface area contributed by atoms with Gasteiger partial charge in [-0.05, 0) is 31.9 Å². The minimum absolute atomic E-state index is 0.00639. The lowest BCUT2D eigenvalue weighted by atomic mass is 10.1. The van der Waals surface area contributed by atoms with E-state index in [-0.39, 0.29) is 30.7 Å². The molecule has 30 heavy (non-hydrogen) atoms. The molecular weight excluding hydrogens is 404 g/mol. The van der Waals surface area contributed by atoms with Crippen LogP contribution in [0.1, 0.15) is 39.7 Å². The van der Waals surface area contributed by atoms with Crippen molar-refractivity contribution in [2.45, 2.75) is 39.7 Å². The predicted octanol–water partition coefficient (Wildman–Crippen LogP) is 4.45. The summed E-state index contributed by atoms with van der Waals surface area (Å²) in [5.41, 5.74) is 1.70. The SMILES string of the molecule is CCOC(=O)CNc1nc(-c2ccccc2Cl)c2ccc(=O)n(C(CC)CC)c2n1. The number of rotatable bonds is 8. The summed E-state index contributed by atoms with van der Waals surface area (Å²) in [7, 11) is 0. The average molecular weight is 429 g/mol. The smallest absolute Gasteiger partial charge is 0.325 e. The first-order valence-corrected chi connectivity index (χ1v) is 10.5. The number of hydrogen-bond acceptors (Lipinski definition) is 6. The molecule has 2 aromatic heterocycles. The van der Waals surface area contributed by atoms with Crippen LogP contribution in [-0.2, 0) is 9.53 Å². The van der Waals surface area contributed by atoms with Crippen LogP contribution >= 0.6 is 11.6 Å². The number of esters is 1. The van der Waals surface area contributed by atoms with Gasteiger partial charge in [0.25, 0.3) is 5.56 Å². The normalized spacial score (nSPS) is 11.1. The van der Waals surface area contributed by atoms with Crippen LogP contribution in [0.15, 0.2) is 41.2 Å². The molecule has 1 N–H and O–H groups in total. The minimum atomic E-state index is -0.411. The Morgan fingerprint density at radius 1 is 1.13 bits per heavy atom. The molecule has 8 heteroatoms. The lowest BCUT2D eigenvalue weighted by Crippen LogP contribution is -2.25. The van der Waals surface area contributed by atoms with Gasteiger partial charge in [-0.2, -0.15) is 4.98 Å². The highest BCUT2D eigenvalue weighted by atomic mass is 35.5. The van der Waals surface area contributed by atoms with E-state index in [1.807, 2.05) is 32.0 Å². The van der Waals surface area contributed by atoms with Crippen molar-refractivity contribution in [3.8, 4) is 11.3 Å². The molecule has 0 bridgehead atoms. The van der Waals surface area contributed by atoms with E-state index in [2.05, 4.69) is 15.3 Å². The molecule has 7 nitrogen and oxygen atoms in total. The maximum atomic E-state index is 12.8. The number of nitrogens with one attached hydrogen (secondary N) is 1. The Morgan fingerprint density at radius 3 is 2.53 bits per heavy atom. The van der Waals surface area contributed by atoms with Crippen LogP contribution in [0.25, 0.3) is 22.3 Å². The first-order valence-electron chi connectivity index (χ1n) is 10.1. The van der Waals surface area contributed by atoms with Crippen LogP contribution in [0.3, 0.4) is 0 Å². The molecule has 0 spiro atoms. The zero-order valence-electron chi connectivity index (χ0n) is 17.3. The number of halogens is 1. The standard InChI is InChI=1S/C22H25ClN4O3/c1-4-14(5-2)27-18(28)12-11-16-20(15-9-7-8-10-17(15)23)25-22(26-21(16)27)24-13-19(29)30-6-3/h7-12,14H,4-6,13H2,1-3H3,(H,24,25,26). The van der Waals surface area contributed by atoms with Crippen molar-refractivity contribution >= 4 is 34.6 Å². The van der Waals surface area contributed by atoms with E-state index >= 15 is 0 Å². The molecule has 3 aromatic rings. The second kappa shape index (κ2) is 9.71. The van der Waals surface area contributed by atoms with Gasteiger partial charge in [0.1, 0.15) is 12.2 Å². The zero-order valence-corrected chi connectivity index (χ0v) is 18.1. The maximum Gasteiger partial charge on any atom is 0.325 e. The number of fused-ring (bicyclic) bond motifs is 1. The first kappa shape index (κ1) is 21.8.